The van der Waals surface area contributed by atoms with E-state index in [1.165, 1.54) is 0 Å². The first kappa shape index (κ1) is 21.3. The SMILES string of the molecule is C[C@H](NC(=O)[C@H]1C=C(c2ccccc2)CCN1)C(=O)NCc1ccc(C(=N)N)cc1. The van der Waals surface area contributed by atoms with Crippen LogP contribution in [-0.4, -0.2) is 36.3 Å². The molecule has 0 aliphatic carbocycles. The average molecular weight is 406 g/mol. The fourth-order valence-corrected chi connectivity index (χ4v) is 3.28. The molecular weight excluding hydrogens is 378 g/mol. The fraction of sp³-hybridized carbons (Fsp3) is 0.261. The molecule has 2 aromatic carbocycles. The van der Waals surface area contributed by atoms with Gasteiger partial charge in [0.2, 0.25) is 11.8 Å². The van der Waals surface area contributed by atoms with E-state index in [2.05, 4.69) is 16.0 Å². The van der Waals surface area contributed by atoms with Gasteiger partial charge < -0.3 is 21.7 Å². The van der Waals surface area contributed by atoms with E-state index >= 15 is 0 Å². The minimum atomic E-state index is -0.661. The normalized spacial score (nSPS) is 16.8. The molecule has 7 nitrogen and oxygen atoms in total. The highest BCUT2D eigenvalue weighted by Gasteiger charge is 2.24. The first-order valence-corrected chi connectivity index (χ1v) is 9.95. The van der Waals surface area contributed by atoms with Crippen molar-refractivity contribution in [2.75, 3.05) is 6.54 Å². The van der Waals surface area contributed by atoms with Crippen molar-refractivity contribution in [1.82, 2.24) is 16.0 Å². The predicted molar refractivity (Wildman–Crippen MR) is 118 cm³/mol. The van der Waals surface area contributed by atoms with Crippen LogP contribution in [0.4, 0.5) is 0 Å². The van der Waals surface area contributed by atoms with Crippen LogP contribution in [0.25, 0.3) is 5.57 Å². The van der Waals surface area contributed by atoms with Gasteiger partial charge in [0, 0.05) is 18.7 Å². The number of hydrogen-bond acceptors (Lipinski definition) is 4. The van der Waals surface area contributed by atoms with Gasteiger partial charge >= 0.3 is 0 Å². The maximum atomic E-state index is 12.6. The Morgan fingerprint density at radius 1 is 1.17 bits per heavy atom. The first-order chi connectivity index (χ1) is 14.4. The van der Waals surface area contributed by atoms with Crippen molar-refractivity contribution in [3.63, 3.8) is 0 Å². The summed E-state index contributed by atoms with van der Waals surface area (Å²) in [5.74, 6) is -0.485. The van der Waals surface area contributed by atoms with Crippen LogP contribution < -0.4 is 21.7 Å². The van der Waals surface area contributed by atoms with E-state index in [0.717, 1.165) is 23.1 Å². The Balaban J connectivity index is 1.53. The third-order valence-corrected chi connectivity index (χ3v) is 5.04. The Morgan fingerprint density at radius 2 is 1.87 bits per heavy atom. The van der Waals surface area contributed by atoms with Crippen molar-refractivity contribution in [3.8, 4) is 0 Å². The molecule has 1 aliphatic rings. The van der Waals surface area contributed by atoms with Gasteiger partial charge in [0.05, 0.1) is 0 Å². The third-order valence-electron chi connectivity index (χ3n) is 5.04. The summed E-state index contributed by atoms with van der Waals surface area (Å²) in [4.78, 5) is 25.0. The molecule has 156 valence electrons. The molecule has 1 heterocycles. The van der Waals surface area contributed by atoms with Gasteiger partial charge in [0.1, 0.15) is 17.9 Å². The summed E-state index contributed by atoms with van der Waals surface area (Å²) in [7, 11) is 0. The molecule has 0 bridgehead atoms. The van der Waals surface area contributed by atoms with Gasteiger partial charge in [0.15, 0.2) is 0 Å². The number of benzene rings is 2. The molecule has 3 rings (SSSR count). The van der Waals surface area contributed by atoms with Gasteiger partial charge in [-0.2, -0.15) is 0 Å². The topological polar surface area (TPSA) is 120 Å². The Kier molecular flexibility index (Phi) is 6.98. The van der Waals surface area contributed by atoms with Crippen LogP contribution in [0.15, 0.2) is 60.7 Å². The number of carbonyl (C=O) groups excluding carboxylic acids is 2. The summed E-state index contributed by atoms with van der Waals surface area (Å²) in [5, 5.41) is 16.2. The van der Waals surface area contributed by atoms with E-state index in [9.17, 15) is 9.59 Å². The first-order valence-electron chi connectivity index (χ1n) is 9.95. The van der Waals surface area contributed by atoms with Gasteiger partial charge in [0.25, 0.3) is 0 Å². The molecule has 0 saturated heterocycles. The molecule has 0 saturated carbocycles. The van der Waals surface area contributed by atoms with Crippen LogP contribution >= 0.6 is 0 Å². The van der Waals surface area contributed by atoms with E-state index in [0.29, 0.717) is 18.7 Å². The number of nitrogens with two attached hydrogens (primary N) is 1. The standard InChI is InChI=1S/C23H27N5O2/c1-15(22(29)27-14-16-7-9-18(10-8-16)21(24)25)28-23(30)20-13-19(11-12-26-20)17-5-3-2-4-6-17/h2-10,13,15,20,26H,11-12,14H2,1H3,(H3,24,25)(H,27,29)(H,28,30)/t15-,20+/m0/s1. The zero-order valence-electron chi connectivity index (χ0n) is 16.9. The van der Waals surface area contributed by atoms with Gasteiger partial charge in [-0.05, 0) is 30.0 Å². The number of nitrogens with one attached hydrogen (secondary N) is 4. The molecule has 6 N–H and O–H groups in total. The minimum absolute atomic E-state index is 0.00251. The van der Waals surface area contributed by atoms with E-state index in [4.69, 9.17) is 11.1 Å². The summed E-state index contributed by atoms with van der Waals surface area (Å²) < 4.78 is 0. The van der Waals surface area contributed by atoms with Crippen LogP contribution in [0.5, 0.6) is 0 Å². The highest BCUT2D eigenvalue weighted by atomic mass is 16.2. The number of nitrogen functional groups attached to an aromatic ring is 1. The third kappa shape index (κ3) is 5.55. The van der Waals surface area contributed by atoms with E-state index in [-0.39, 0.29) is 17.6 Å². The van der Waals surface area contributed by atoms with Gasteiger partial charge in [-0.25, -0.2) is 0 Å². The summed E-state index contributed by atoms with van der Waals surface area (Å²) in [6.07, 6.45) is 2.78. The molecule has 7 heteroatoms. The maximum Gasteiger partial charge on any atom is 0.242 e. The van der Waals surface area contributed by atoms with Crippen molar-refractivity contribution in [2.24, 2.45) is 5.73 Å². The highest BCUT2D eigenvalue weighted by Crippen LogP contribution is 2.21. The van der Waals surface area contributed by atoms with Crippen molar-refractivity contribution in [3.05, 3.63) is 77.4 Å². The Bertz CT molecular complexity index is 938. The zero-order chi connectivity index (χ0) is 21.5. The second-order valence-electron chi connectivity index (χ2n) is 7.30. The largest absolute Gasteiger partial charge is 0.384 e. The lowest BCUT2D eigenvalue weighted by Crippen LogP contribution is -2.51. The summed E-state index contributed by atoms with van der Waals surface area (Å²) in [6, 6.07) is 15.9. The van der Waals surface area contributed by atoms with Gasteiger partial charge in [-0.15, -0.1) is 0 Å². The van der Waals surface area contributed by atoms with Crippen LogP contribution in [-0.2, 0) is 16.1 Å². The number of hydrogen-bond donors (Lipinski definition) is 5. The van der Waals surface area contributed by atoms with E-state index < -0.39 is 12.1 Å². The Hall–Kier alpha value is -3.45. The molecule has 0 spiro atoms. The lowest BCUT2D eigenvalue weighted by atomic mass is 9.97. The second-order valence-corrected chi connectivity index (χ2v) is 7.30. The van der Waals surface area contributed by atoms with E-state index in [1.54, 1.807) is 19.1 Å². The van der Waals surface area contributed by atoms with Crippen molar-refractivity contribution >= 4 is 23.2 Å². The van der Waals surface area contributed by atoms with E-state index in [1.807, 2.05) is 48.5 Å². The molecular formula is C23H27N5O2. The molecule has 0 unspecified atom stereocenters. The number of amidine groups is 1. The van der Waals surface area contributed by atoms with Crippen molar-refractivity contribution in [1.29, 1.82) is 5.41 Å². The lowest BCUT2D eigenvalue weighted by molar-refractivity contribution is -0.129. The molecule has 2 amide bonds. The molecule has 2 aromatic rings. The molecule has 0 fully saturated rings. The second kappa shape index (κ2) is 9.84. The van der Waals surface area contributed by atoms with Crippen LogP contribution in [0.1, 0.15) is 30.0 Å². The summed E-state index contributed by atoms with van der Waals surface area (Å²) >= 11 is 0. The molecule has 1 aliphatic heterocycles. The average Bonchev–Trinajstić information content (AvgIpc) is 2.78. The Labute approximate surface area is 176 Å². The maximum absolute atomic E-state index is 12.6. The summed E-state index contributed by atoms with van der Waals surface area (Å²) in [5.41, 5.74) is 9.19. The number of rotatable bonds is 7. The molecule has 30 heavy (non-hydrogen) atoms. The fourth-order valence-electron chi connectivity index (χ4n) is 3.28. The quantitative estimate of drug-likeness (QED) is 0.354. The van der Waals surface area contributed by atoms with Gasteiger partial charge in [-0.1, -0.05) is 60.7 Å². The van der Waals surface area contributed by atoms with Gasteiger partial charge in [-0.3, -0.25) is 15.0 Å². The summed E-state index contributed by atoms with van der Waals surface area (Å²) in [6.45, 7) is 2.70. The lowest BCUT2D eigenvalue weighted by Gasteiger charge is -2.24. The Morgan fingerprint density at radius 3 is 2.53 bits per heavy atom. The highest BCUT2D eigenvalue weighted by molar-refractivity contribution is 5.95. The molecule has 2 atom stereocenters. The zero-order valence-corrected chi connectivity index (χ0v) is 16.9. The van der Waals surface area contributed by atoms with Crippen LogP contribution in [0, 0.1) is 5.41 Å². The smallest absolute Gasteiger partial charge is 0.242 e. The van der Waals surface area contributed by atoms with Crippen molar-refractivity contribution in [2.45, 2.75) is 32.0 Å². The number of amides is 2. The monoisotopic (exact) mass is 405 g/mol. The van der Waals surface area contributed by atoms with Crippen LogP contribution in [0.2, 0.25) is 0 Å². The minimum Gasteiger partial charge on any atom is -0.384 e. The molecule has 0 radical (unpaired) electrons. The van der Waals surface area contributed by atoms with Crippen molar-refractivity contribution < 1.29 is 9.59 Å². The molecule has 0 aromatic heterocycles. The predicted octanol–water partition coefficient (Wildman–Crippen LogP) is 1.54. The number of carbonyl (C=O) groups is 2. The van der Waals surface area contributed by atoms with Crippen LogP contribution in [0.3, 0.4) is 0 Å².